The minimum absolute atomic E-state index is 0.453. The summed E-state index contributed by atoms with van der Waals surface area (Å²) < 4.78 is 6.93. The molecule has 1 aliphatic heterocycles. The van der Waals surface area contributed by atoms with E-state index in [0.29, 0.717) is 0 Å². The predicted octanol–water partition coefficient (Wildman–Crippen LogP) is 16.2. The molecule has 11 aromatic rings. The third-order valence-corrected chi connectivity index (χ3v) is 14.8. The lowest BCUT2D eigenvalue weighted by Gasteiger charge is -2.42. The molecule has 1 heteroatoms. The van der Waals surface area contributed by atoms with Gasteiger partial charge in [0.15, 0.2) is 0 Å². The first-order chi connectivity index (χ1) is 32.3. The van der Waals surface area contributed by atoms with E-state index in [0.717, 1.165) is 28.2 Å². The van der Waals surface area contributed by atoms with E-state index >= 15 is 0 Å². The van der Waals surface area contributed by atoms with Crippen molar-refractivity contribution >= 4 is 21.5 Å². The van der Waals surface area contributed by atoms with Gasteiger partial charge in [-0.2, -0.15) is 0 Å². The van der Waals surface area contributed by atoms with Gasteiger partial charge in [0.05, 0.1) is 10.8 Å². The topological polar surface area (TPSA) is 9.23 Å². The number of rotatable bonds is 4. The number of hydrogen-bond acceptors (Lipinski definition) is 1. The molecule has 0 radical (unpaired) electrons. The van der Waals surface area contributed by atoms with Gasteiger partial charge in [0, 0.05) is 11.1 Å². The van der Waals surface area contributed by atoms with Crippen LogP contribution >= 0.6 is 0 Å². The van der Waals surface area contributed by atoms with Gasteiger partial charge in [-0.05, 0) is 118 Å². The summed E-state index contributed by atoms with van der Waals surface area (Å²) in [4.78, 5) is 0. The normalized spacial score (nSPS) is 15.7. The van der Waals surface area contributed by atoms with Gasteiger partial charge in [-0.1, -0.05) is 224 Å². The molecule has 65 heavy (non-hydrogen) atoms. The Labute approximate surface area is 378 Å². The fraction of sp³-hybridized carbons (Fsp3) is 0.0312. The van der Waals surface area contributed by atoms with E-state index in [2.05, 4.69) is 243 Å². The Morgan fingerprint density at radius 2 is 0.815 bits per heavy atom. The summed E-state index contributed by atoms with van der Waals surface area (Å²) >= 11 is 0. The molecule has 0 fully saturated rings. The molecule has 0 bridgehead atoms. The van der Waals surface area contributed by atoms with Crippen molar-refractivity contribution in [1.29, 1.82) is 0 Å². The molecular weight excluding hydrogens is 785 g/mol. The van der Waals surface area contributed by atoms with Gasteiger partial charge in [-0.15, -0.1) is 0 Å². The average molecular weight is 825 g/mol. The summed E-state index contributed by atoms with van der Waals surface area (Å²) in [6.45, 7) is 0. The number of hydrogen-bond donors (Lipinski definition) is 0. The number of fused-ring (bicyclic) bond motifs is 15. The Hall–Kier alpha value is -8.26. The smallest absolute Gasteiger partial charge is 0.132 e. The standard InChI is InChI=1S/C64H40O/c1-3-19-43(20-4-1)63(44-21-5-2-6-22-44)56-31-15-16-32-59(56)65-60-33-17-28-52(62(60)63)49-38-37-45(47-24-9-10-25-48(47)49)42-34-36-51-50-26-11-13-29-54(50)64(58(51)40-42)55-30-14-12-27-53(55)61-46-23-8-7-18-41(46)35-39-57(61)64/h1-40H. The highest BCUT2D eigenvalue weighted by atomic mass is 16.5. The molecule has 3 aliphatic rings. The van der Waals surface area contributed by atoms with Crippen LogP contribution in [0.25, 0.3) is 66.1 Å². The predicted molar refractivity (Wildman–Crippen MR) is 267 cm³/mol. The van der Waals surface area contributed by atoms with Crippen LogP contribution in [0.4, 0.5) is 0 Å². The Morgan fingerprint density at radius 1 is 0.277 bits per heavy atom. The Balaban J connectivity index is 1.01. The summed E-state index contributed by atoms with van der Waals surface area (Å²) in [5.74, 6) is 1.75. The van der Waals surface area contributed by atoms with Gasteiger partial charge in [-0.25, -0.2) is 0 Å². The molecule has 1 atom stereocenters. The molecule has 1 heterocycles. The quantitative estimate of drug-likeness (QED) is 0.172. The van der Waals surface area contributed by atoms with Crippen LogP contribution in [-0.4, -0.2) is 0 Å². The lowest BCUT2D eigenvalue weighted by molar-refractivity contribution is 0.435. The van der Waals surface area contributed by atoms with Crippen molar-refractivity contribution in [2.24, 2.45) is 0 Å². The summed E-state index contributed by atoms with van der Waals surface area (Å²) in [7, 11) is 0. The zero-order chi connectivity index (χ0) is 42.7. The van der Waals surface area contributed by atoms with Crippen molar-refractivity contribution < 1.29 is 4.74 Å². The molecule has 0 saturated carbocycles. The van der Waals surface area contributed by atoms with E-state index in [4.69, 9.17) is 4.74 Å². The third kappa shape index (κ3) is 4.77. The first-order valence-corrected chi connectivity index (χ1v) is 22.7. The lowest BCUT2D eigenvalue weighted by atomic mass is 9.62. The van der Waals surface area contributed by atoms with Crippen LogP contribution in [0, 0.1) is 0 Å². The van der Waals surface area contributed by atoms with Crippen LogP contribution in [0.2, 0.25) is 0 Å². The summed E-state index contributed by atoms with van der Waals surface area (Å²) in [5, 5.41) is 4.99. The molecule has 0 saturated heterocycles. The van der Waals surface area contributed by atoms with Gasteiger partial charge in [0.2, 0.25) is 0 Å². The van der Waals surface area contributed by atoms with Crippen LogP contribution in [0.3, 0.4) is 0 Å². The molecule has 2 aliphatic carbocycles. The zero-order valence-corrected chi connectivity index (χ0v) is 35.5. The zero-order valence-electron chi connectivity index (χ0n) is 35.5. The Kier molecular flexibility index (Phi) is 7.59. The molecule has 0 aromatic heterocycles. The number of benzene rings is 11. The van der Waals surface area contributed by atoms with E-state index in [-0.39, 0.29) is 0 Å². The number of ether oxygens (including phenoxy) is 1. The highest BCUT2D eigenvalue weighted by Crippen LogP contribution is 2.64. The molecular formula is C64H40O. The molecule has 1 unspecified atom stereocenters. The van der Waals surface area contributed by atoms with Gasteiger partial charge in [0.1, 0.15) is 11.5 Å². The second-order valence-electron chi connectivity index (χ2n) is 17.8. The van der Waals surface area contributed by atoms with E-state index in [1.165, 1.54) is 93.9 Å². The van der Waals surface area contributed by atoms with Crippen molar-refractivity contribution in [2.75, 3.05) is 0 Å². The monoisotopic (exact) mass is 824 g/mol. The fourth-order valence-electron chi connectivity index (χ4n) is 12.3. The number of para-hydroxylation sites is 1. The first-order valence-electron chi connectivity index (χ1n) is 22.7. The van der Waals surface area contributed by atoms with E-state index in [1.807, 2.05) is 0 Å². The second kappa shape index (κ2) is 13.6. The average Bonchev–Trinajstić information content (AvgIpc) is 3.85. The van der Waals surface area contributed by atoms with Crippen molar-refractivity contribution in [2.45, 2.75) is 10.8 Å². The second-order valence-corrected chi connectivity index (χ2v) is 17.8. The molecule has 0 N–H and O–H groups in total. The minimum atomic E-state index is -0.647. The Bertz CT molecular complexity index is 3710. The van der Waals surface area contributed by atoms with Crippen molar-refractivity contribution in [3.8, 4) is 56.0 Å². The summed E-state index contributed by atoms with van der Waals surface area (Å²) in [5.41, 5.74) is 19.0. The maximum atomic E-state index is 6.93. The van der Waals surface area contributed by atoms with Crippen LogP contribution in [-0.2, 0) is 10.8 Å². The highest BCUT2D eigenvalue weighted by molar-refractivity contribution is 6.09. The molecule has 302 valence electrons. The summed E-state index contributed by atoms with van der Waals surface area (Å²) in [6, 6.07) is 90.0. The van der Waals surface area contributed by atoms with E-state index in [1.54, 1.807) is 0 Å². The maximum Gasteiger partial charge on any atom is 0.132 e. The van der Waals surface area contributed by atoms with Gasteiger partial charge >= 0.3 is 0 Å². The van der Waals surface area contributed by atoms with Crippen LogP contribution in [0.15, 0.2) is 243 Å². The molecule has 11 aromatic carbocycles. The SMILES string of the molecule is c1ccc(C2(c3ccccc3)c3ccccc3Oc3cccc(-c4ccc(-c5ccc6c(c5)C5(c7ccccc7-6)c6ccccc6-c6c5ccc5ccccc65)c5ccccc45)c32)cc1. The van der Waals surface area contributed by atoms with Crippen molar-refractivity contribution in [3.63, 3.8) is 0 Å². The third-order valence-electron chi connectivity index (χ3n) is 14.8. The highest BCUT2D eigenvalue weighted by Gasteiger charge is 2.52. The minimum Gasteiger partial charge on any atom is -0.457 e. The van der Waals surface area contributed by atoms with Gasteiger partial charge < -0.3 is 4.74 Å². The Morgan fingerprint density at radius 3 is 1.58 bits per heavy atom. The largest absolute Gasteiger partial charge is 0.457 e. The fourth-order valence-corrected chi connectivity index (χ4v) is 12.3. The van der Waals surface area contributed by atoms with E-state index in [9.17, 15) is 0 Å². The molecule has 14 rings (SSSR count). The molecule has 1 nitrogen and oxygen atoms in total. The van der Waals surface area contributed by atoms with Crippen LogP contribution in [0.5, 0.6) is 11.5 Å². The van der Waals surface area contributed by atoms with Crippen LogP contribution in [0.1, 0.15) is 44.5 Å². The van der Waals surface area contributed by atoms with Gasteiger partial charge in [-0.3, -0.25) is 0 Å². The van der Waals surface area contributed by atoms with Crippen molar-refractivity contribution in [1.82, 2.24) is 0 Å². The lowest BCUT2D eigenvalue weighted by Crippen LogP contribution is -2.34. The maximum absolute atomic E-state index is 6.93. The van der Waals surface area contributed by atoms with Crippen LogP contribution < -0.4 is 4.74 Å². The van der Waals surface area contributed by atoms with E-state index < -0.39 is 10.8 Å². The summed E-state index contributed by atoms with van der Waals surface area (Å²) in [6.07, 6.45) is 0. The first kappa shape index (κ1) is 36.2. The molecule has 0 amide bonds. The van der Waals surface area contributed by atoms with Crippen molar-refractivity contribution in [3.05, 3.63) is 287 Å². The van der Waals surface area contributed by atoms with Gasteiger partial charge in [0.25, 0.3) is 0 Å². The molecule has 1 spiro atoms.